The number of nitrogens with zero attached hydrogens (tertiary/aromatic N) is 1. The van der Waals surface area contributed by atoms with Crippen molar-refractivity contribution in [1.82, 2.24) is 0 Å². The maximum Gasteiger partial charge on any atom is 0.269 e. The third kappa shape index (κ3) is 4.40. The Bertz CT molecular complexity index is 339. The Kier molecular flexibility index (Phi) is 5.50. The molecule has 0 heterocycles. The second kappa shape index (κ2) is 6.95. The van der Waals surface area contributed by atoms with E-state index in [2.05, 4.69) is 6.92 Å². The highest BCUT2D eigenvalue weighted by molar-refractivity contribution is 5.33. The smallest absolute Gasteiger partial charge is 0.269 e. The van der Waals surface area contributed by atoms with Crippen molar-refractivity contribution < 1.29 is 9.66 Å². The van der Waals surface area contributed by atoms with Crippen LogP contribution in [0.1, 0.15) is 31.7 Å². The van der Waals surface area contributed by atoms with Gasteiger partial charge in [0.2, 0.25) is 0 Å². The molecule has 0 unspecified atom stereocenters. The minimum atomic E-state index is -0.388. The van der Waals surface area contributed by atoms with Gasteiger partial charge in [-0.15, -0.1) is 0 Å². The minimum absolute atomic E-state index is 0.120. The first-order valence-electron chi connectivity index (χ1n) is 5.55. The Morgan fingerprint density at radius 1 is 1.38 bits per heavy atom. The summed E-state index contributed by atoms with van der Waals surface area (Å²) in [5.74, 6) is 0. The normalized spacial score (nSPS) is 10.3. The van der Waals surface area contributed by atoms with Crippen molar-refractivity contribution in [3.8, 4) is 0 Å². The van der Waals surface area contributed by atoms with E-state index in [4.69, 9.17) is 4.74 Å². The monoisotopic (exact) mass is 223 g/mol. The van der Waals surface area contributed by atoms with Gasteiger partial charge in [-0.2, -0.15) is 0 Å². The Balaban J connectivity index is 2.36. The average Bonchev–Trinajstić information content (AvgIpc) is 2.29. The quantitative estimate of drug-likeness (QED) is 0.405. The Hall–Kier alpha value is -1.42. The fourth-order valence-electron chi connectivity index (χ4n) is 1.40. The maximum absolute atomic E-state index is 10.5. The number of rotatable bonds is 7. The molecule has 0 atom stereocenters. The number of non-ortho nitro benzene ring substituents is 1. The minimum Gasteiger partial charge on any atom is -0.377 e. The number of hydrogen-bond acceptors (Lipinski definition) is 3. The summed E-state index contributed by atoms with van der Waals surface area (Å²) in [4.78, 5) is 10.1. The molecule has 0 bridgehead atoms. The van der Waals surface area contributed by atoms with Crippen LogP contribution in [0.3, 0.4) is 0 Å². The standard InChI is InChI=1S/C12H17NO3/c1-2-3-4-8-16-10-11-6-5-7-12(9-11)13(14)15/h5-7,9H,2-4,8,10H2,1H3. The van der Waals surface area contributed by atoms with E-state index in [-0.39, 0.29) is 10.6 Å². The molecule has 88 valence electrons. The molecule has 4 nitrogen and oxygen atoms in total. The largest absolute Gasteiger partial charge is 0.377 e. The lowest BCUT2D eigenvalue weighted by Gasteiger charge is -2.03. The number of unbranched alkanes of at least 4 members (excludes halogenated alkanes) is 2. The van der Waals surface area contributed by atoms with Crippen molar-refractivity contribution in [3.05, 3.63) is 39.9 Å². The van der Waals surface area contributed by atoms with Crippen LogP contribution in [0.15, 0.2) is 24.3 Å². The van der Waals surface area contributed by atoms with Gasteiger partial charge in [0.1, 0.15) is 0 Å². The lowest BCUT2D eigenvalue weighted by atomic mass is 10.2. The van der Waals surface area contributed by atoms with Crippen molar-refractivity contribution in [2.45, 2.75) is 32.8 Å². The molecule has 1 aromatic carbocycles. The van der Waals surface area contributed by atoms with E-state index < -0.39 is 0 Å². The molecule has 0 aromatic heterocycles. The van der Waals surface area contributed by atoms with Gasteiger partial charge in [0.25, 0.3) is 5.69 Å². The molecule has 0 fully saturated rings. The summed E-state index contributed by atoms with van der Waals surface area (Å²) in [6, 6.07) is 6.57. The Morgan fingerprint density at radius 3 is 2.88 bits per heavy atom. The lowest BCUT2D eigenvalue weighted by Crippen LogP contribution is -1.96. The van der Waals surface area contributed by atoms with Gasteiger partial charge in [-0.1, -0.05) is 31.9 Å². The van der Waals surface area contributed by atoms with Gasteiger partial charge in [-0.25, -0.2) is 0 Å². The maximum atomic E-state index is 10.5. The first kappa shape index (κ1) is 12.6. The molecule has 0 saturated heterocycles. The summed E-state index contributed by atoms with van der Waals surface area (Å²) < 4.78 is 5.43. The first-order chi connectivity index (χ1) is 7.74. The van der Waals surface area contributed by atoms with Crippen LogP contribution < -0.4 is 0 Å². The third-order valence-corrected chi connectivity index (χ3v) is 2.28. The summed E-state index contributed by atoms with van der Waals surface area (Å²) in [6.07, 6.45) is 3.38. The van der Waals surface area contributed by atoms with E-state index in [1.165, 1.54) is 12.5 Å². The number of benzene rings is 1. The number of ether oxygens (including phenoxy) is 1. The summed E-state index contributed by atoms with van der Waals surface area (Å²) in [5.41, 5.74) is 0.973. The van der Waals surface area contributed by atoms with E-state index in [1.807, 2.05) is 6.07 Å². The van der Waals surface area contributed by atoms with Crippen LogP contribution in [0.5, 0.6) is 0 Å². The molecule has 16 heavy (non-hydrogen) atoms. The highest BCUT2D eigenvalue weighted by Gasteiger charge is 2.05. The molecule has 0 saturated carbocycles. The van der Waals surface area contributed by atoms with E-state index in [0.29, 0.717) is 6.61 Å². The molecule has 0 aliphatic heterocycles. The highest BCUT2D eigenvalue weighted by Crippen LogP contribution is 2.13. The average molecular weight is 223 g/mol. The first-order valence-corrected chi connectivity index (χ1v) is 5.55. The van der Waals surface area contributed by atoms with Gasteiger partial charge >= 0.3 is 0 Å². The van der Waals surface area contributed by atoms with Gasteiger partial charge in [0.05, 0.1) is 11.5 Å². The molecule has 1 aromatic rings. The third-order valence-electron chi connectivity index (χ3n) is 2.28. The van der Waals surface area contributed by atoms with Crippen molar-refractivity contribution in [2.75, 3.05) is 6.61 Å². The Morgan fingerprint density at radius 2 is 2.19 bits per heavy atom. The van der Waals surface area contributed by atoms with Crippen LogP contribution >= 0.6 is 0 Å². The van der Waals surface area contributed by atoms with Crippen LogP contribution in [0.4, 0.5) is 5.69 Å². The summed E-state index contributed by atoms with van der Waals surface area (Å²) in [5, 5.41) is 10.5. The lowest BCUT2D eigenvalue weighted by molar-refractivity contribution is -0.384. The molecule has 0 aliphatic carbocycles. The van der Waals surface area contributed by atoms with Crippen LogP contribution in [0, 0.1) is 10.1 Å². The Labute approximate surface area is 95.4 Å². The molecule has 4 heteroatoms. The fraction of sp³-hybridized carbons (Fsp3) is 0.500. The summed E-state index contributed by atoms with van der Waals surface area (Å²) in [6.45, 7) is 3.31. The van der Waals surface area contributed by atoms with Crippen molar-refractivity contribution in [2.24, 2.45) is 0 Å². The van der Waals surface area contributed by atoms with E-state index in [1.54, 1.807) is 12.1 Å². The SMILES string of the molecule is CCCCCOCc1cccc([N+](=O)[O-])c1. The fourth-order valence-corrected chi connectivity index (χ4v) is 1.40. The van der Waals surface area contributed by atoms with Crippen LogP contribution in [-0.4, -0.2) is 11.5 Å². The van der Waals surface area contributed by atoms with Gasteiger partial charge < -0.3 is 4.74 Å². The van der Waals surface area contributed by atoms with Crippen LogP contribution in [0.25, 0.3) is 0 Å². The molecule has 0 N–H and O–H groups in total. The van der Waals surface area contributed by atoms with Crippen molar-refractivity contribution in [3.63, 3.8) is 0 Å². The molecule has 0 spiro atoms. The van der Waals surface area contributed by atoms with Gasteiger partial charge in [-0.3, -0.25) is 10.1 Å². The van der Waals surface area contributed by atoms with Crippen LogP contribution in [-0.2, 0) is 11.3 Å². The number of nitro groups is 1. The van der Waals surface area contributed by atoms with Crippen molar-refractivity contribution in [1.29, 1.82) is 0 Å². The van der Waals surface area contributed by atoms with Gasteiger partial charge in [-0.05, 0) is 12.0 Å². The molecular formula is C12H17NO3. The zero-order valence-corrected chi connectivity index (χ0v) is 9.52. The zero-order chi connectivity index (χ0) is 11.8. The highest BCUT2D eigenvalue weighted by atomic mass is 16.6. The summed E-state index contributed by atoms with van der Waals surface area (Å²) >= 11 is 0. The topological polar surface area (TPSA) is 52.4 Å². The summed E-state index contributed by atoms with van der Waals surface area (Å²) in [7, 11) is 0. The number of hydrogen-bond donors (Lipinski definition) is 0. The molecule has 0 amide bonds. The molecular weight excluding hydrogens is 206 g/mol. The van der Waals surface area contributed by atoms with Crippen molar-refractivity contribution >= 4 is 5.69 Å². The second-order valence-electron chi connectivity index (χ2n) is 3.69. The van der Waals surface area contributed by atoms with E-state index in [9.17, 15) is 10.1 Å². The molecule has 0 radical (unpaired) electrons. The molecule has 1 rings (SSSR count). The predicted octanol–water partition coefficient (Wildman–Crippen LogP) is 3.30. The second-order valence-corrected chi connectivity index (χ2v) is 3.69. The van der Waals surface area contributed by atoms with Gasteiger partial charge in [0.15, 0.2) is 0 Å². The zero-order valence-electron chi connectivity index (χ0n) is 9.52. The van der Waals surface area contributed by atoms with E-state index >= 15 is 0 Å². The van der Waals surface area contributed by atoms with Crippen LogP contribution in [0.2, 0.25) is 0 Å². The molecule has 0 aliphatic rings. The van der Waals surface area contributed by atoms with Gasteiger partial charge in [0, 0.05) is 18.7 Å². The van der Waals surface area contributed by atoms with E-state index in [0.717, 1.165) is 25.0 Å². The predicted molar refractivity (Wildman–Crippen MR) is 62.3 cm³/mol. The number of nitro benzene ring substituents is 1.